The van der Waals surface area contributed by atoms with Gasteiger partial charge in [0.15, 0.2) is 0 Å². The highest BCUT2D eigenvalue weighted by Gasteiger charge is 2.28. The van der Waals surface area contributed by atoms with Crippen molar-refractivity contribution in [1.82, 2.24) is 4.72 Å². The van der Waals surface area contributed by atoms with Crippen LogP contribution in [-0.4, -0.2) is 33.5 Å². The van der Waals surface area contributed by atoms with Gasteiger partial charge in [-0.05, 0) is 62.1 Å². The molecule has 0 radical (unpaired) electrons. The molecule has 27 heavy (non-hydrogen) atoms. The molecule has 2 aliphatic rings. The third-order valence-electron chi connectivity index (χ3n) is 4.88. The fraction of sp³-hybridized carbons (Fsp3) is 0.350. The van der Waals surface area contributed by atoms with Gasteiger partial charge in [0, 0.05) is 36.1 Å². The Morgan fingerprint density at radius 1 is 1.00 bits per heavy atom. The van der Waals surface area contributed by atoms with Crippen LogP contribution in [0.2, 0.25) is 0 Å². The molecule has 1 saturated heterocycles. The molecule has 1 aliphatic heterocycles. The second-order valence-electron chi connectivity index (χ2n) is 7.12. The Labute approximate surface area is 159 Å². The number of nitrogens with zero attached hydrogens (tertiary/aromatic N) is 1. The third kappa shape index (κ3) is 4.31. The van der Waals surface area contributed by atoms with Gasteiger partial charge in [-0.25, -0.2) is 13.1 Å². The van der Waals surface area contributed by atoms with Crippen LogP contribution in [0.1, 0.15) is 36.0 Å². The number of carbonyl (C=O) groups is 1. The summed E-state index contributed by atoms with van der Waals surface area (Å²) in [7, 11) is -3.58. The zero-order valence-corrected chi connectivity index (χ0v) is 15.8. The molecule has 2 fully saturated rings. The van der Waals surface area contributed by atoms with Crippen molar-refractivity contribution < 1.29 is 13.2 Å². The smallest absolute Gasteiger partial charge is 0.255 e. The number of sulfonamides is 1. The Morgan fingerprint density at radius 2 is 1.74 bits per heavy atom. The van der Waals surface area contributed by atoms with E-state index in [4.69, 9.17) is 0 Å². The van der Waals surface area contributed by atoms with Crippen molar-refractivity contribution in [2.24, 2.45) is 0 Å². The van der Waals surface area contributed by atoms with Gasteiger partial charge in [0.05, 0.1) is 4.90 Å². The molecule has 0 unspecified atom stereocenters. The summed E-state index contributed by atoms with van der Waals surface area (Å²) in [5, 5.41) is 2.87. The summed E-state index contributed by atoms with van der Waals surface area (Å²) in [6.45, 7) is 2.07. The molecule has 2 aromatic carbocycles. The number of rotatable bonds is 6. The van der Waals surface area contributed by atoms with E-state index in [1.807, 2.05) is 24.3 Å². The Bertz CT molecular complexity index is 948. The Morgan fingerprint density at radius 3 is 2.48 bits per heavy atom. The lowest BCUT2D eigenvalue weighted by Crippen LogP contribution is -2.26. The number of hydrogen-bond acceptors (Lipinski definition) is 4. The third-order valence-corrected chi connectivity index (χ3v) is 6.40. The second-order valence-corrected chi connectivity index (χ2v) is 8.84. The van der Waals surface area contributed by atoms with Gasteiger partial charge in [-0.1, -0.05) is 12.1 Å². The highest BCUT2D eigenvalue weighted by atomic mass is 32.2. The standard InChI is InChI=1S/C20H23N3O3S/c24-20(21-17-6-4-7-18(14-17)23-11-1-2-12-23)15-5-3-8-19(13-15)27(25,26)22-16-9-10-16/h3-8,13-14,16,22H,1-2,9-12H2,(H,21,24). The van der Waals surface area contributed by atoms with E-state index >= 15 is 0 Å². The molecule has 1 saturated carbocycles. The van der Waals surface area contributed by atoms with Crippen LogP contribution in [0, 0.1) is 0 Å². The van der Waals surface area contributed by atoms with Crippen LogP contribution >= 0.6 is 0 Å². The van der Waals surface area contributed by atoms with Gasteiger partial charge in [0.1, 0.15) is 0 Å². The average molecular weight is 385 g/mol. The van der Waals surface area contributed by atoms with Gasteiger partial charge in [0.2, 0.25) is 10.0 Å². The maximum absolute atomic E-state index is 12.6. The van der Waals surface area contributed by atoms with Crippen LogP contribution in [0.15, 0.2) is 53.4 Å². The van der Waals surface area contributed by atoms with Gasteiger partial charge >= 0.3 is 0 Å². The van der Waals surface area contributed by atoms with Gasteiger partial charge in [-0.2, -0.15) is 0 Å². The van der Waals surface area contributed by atoms with Gasteiger partial charge in [-0.15, -0.1) is 0 Å². The fourth-order valence-electron chi connectivity index (χ4n) is 3.25. The highest BCUT2D eigenvalue weighted by Crippen LogP contribution is 2.25. The molecule has 0 spiro atoms. The highest BCUT2D eigenvalue weighted by molar-refractivity contribution is 7.89. The Hall–Kier alpha value is -2.38. The number of nitrogens with one attached hydrogen (secondary N) is 2. The lowest BCUT2D eigenvalue weighted by atomic mass is 10.2. The van der Waals surface area contributed by atoms with E-state index in [1.54, 1.807) is 12.1 Å². The molecule has 0 bridgehead atoms. The molecule has 6 nitrogen and oxygen atoms in total. The predicted molar refractivity (Wildman–Crippen MR) is 106 cm³/mol. The largest absolute Gasteiger partial charge is 0.371 e. The fourth-order valence-corrected chi connectivity index (χ4v) is 4.60. The lowest BCUT2D eigenvalue weighted by molar-refractivity contribution is 0.102. The summed E-state index contributed by atoms with van der Waals surface area (Å²) < 4.78 is 27.4. The number of anilines is 2. The minimum atomic E-state index is -3.58. The van der Waals surface area contributed by atoms with E-state index in [9.17, 15) is 13.2 Å². The predicted octanol–water partition coefficient (Wildman–Crippen LogP) is 2.98. The van der Waals surface area contributed by atoms with Crippen LogP contribution in [0.25, 0.3) is 0 Å². The van der Waals surface area contributed by atoms with E-state index in [2.05, 4.69) is 14.9 Å². The zero-order chi connectivity index (χ0) is 18.9. The van der Waals surface area contributed by atoms with E-state index in [-0.39, 0.29) is 16.8 Å². The molecule has 2 N–H and O–H groups in total. The van der Waals surface area contributed by atoms with E-state index < -0.39 is 10.0 Å². The normalized spacial score (nSPS) is 17.1. The van der Waals surface area contributed by atoms with Crippen molar-refractivity contribution in [3.05, 3.63) is 54.1 Å². The number of benzene rings is 2. The average Bonchev–Trinajstić information content (AvgIpc) is 3.29. The molecule has 142 valence electrons. The van der Waals surface area contributed by atoms with Crippen molar-refractivity contribution in [3.63, 3.8) is 0 Å². The van der Waals surface area contributed by atoms with Gasteiger partial charge in [-0.3, -0.25) is 4.79 Å². The molecule has 1 aliphatic carbocycles. The summed E-state index contributed by atoms with van der Waals surface area (Å²) in [5.74, 6) is -0.322. The molecule has 0 aromatic heterocycles. The quantitative estimate of drug-likeness (QED) is 0.801. The number of hydrogen-bond donors (Lipinski definition) is 2. The van der Waals surface area contributed by atoms with Crippen LogP contribution < -0.4 is 14.9 Å². The minimum absolute atomic E-state index is 0.0285. The molecule has 7 heteroatoms. The van der Waals surface area contributed by atoms with Crippen molar-refractivity contribution in [1.29, 1.82) is 0 Å². The number of carbonyl (C=O) groups excluding carboxylic acids is 1. The van der Waals surface area contributed by atoms with Crippen LogP contribution in [0.4, 0.5) is 11.4 Å². The molecule has 1 heterocycles. The zero-order valence-electron chi connectivity index (χ0n) is 15.0. The summed E-state index contributed by atoms with van der Waals surface area (Å²) in [5.41, 5.74) is 2.12. The molecular weight excluding hydrogens is 362 g/mol. The SMILES string of the molecule is O=C(Nc1cccc(N2CCCC2)c1)c1cccc(S(=O)(=O)NC2CC2)c1. The Kier molecular flexibility index (Phi) is 4.88. The van der Waals surface area contributed by atoms with Crippen molar-refractivity contribution in [2.45, 2.75) is 36.6 Å². The van der Waals surface area contributed by atoms with Crippen molar-refractivity contribution >= 4 is 27.3 Å². The van der Waals surface area contributed by atoms with E-state index in [0.717, 1.165) is 31.6 Å². The summed E-state index contributed by atoms with van der Waals surface area (Å²) in [6, 6.07) is 13.9. The minimum Gasteiger partial charge on any atom is -0.371 e. The molecule has 1 amide bonds. The van der Waals surface area contributed by atoms with Crippen LogP contribution in [0.3, 0.4) is 0 Å². The topological polar surface area (TPSA) is 78.5 Å². The molecular formula is C20H23N3O3S. The van der Waals surface area contributed by atoms with Crippen molar-refractivity contribution in [2.75, 3.05) is 23.3 Å². The second kappa shape index (κ2) is 7.32. The first-order valence-corrected chi connectivity index (χ1v) is 10.8. The summed E-state index contributed by atoms with van der Waals surface area (Å²) in [4.78, 5) is 15.0. The maximum Gasteiger partial charge on any atom is 0.255 e. The summed E-state index contributed by atoms with van der Waals surface area (Å²) >= 11 is 0. The summed E-state index contributed by atoms with van der Waals surface area (Å²) in [6.07, 6.45) is 4.11. The first-order valence-electron chi connectivity index (χ1n) is 9.30. The Balaban J connectivity index is 1.50. The number of amides is 1. The monoisotopic (exact) mass is 385 g/mol. The van der Waals surface area contributed by atoms with Crippen LogP contribution in [-0.2, 0) is 10.0 Å². The van der Waals surface area contributed by atoms with E-state index in [0.29, 0.717) is 11.3 Å². The van der Waals surface area contributed by atoms with Gasteiger partial charge in [0.25, 0.3) is 5.91 Å². The van der Waals surface area contributed by atoms with E-state index in [1.165, 1.54) is 25.0 Å². The first kappa shape index (κ1) is 18.0. The molecule has 0 atom stereocenters. The first-order chi connectivity index (χ1) is 13.0. The maximum atomic E-state index is 12.6. The molecule has 4 rings (SSSR count). The molecule has 2 aromatic rings. The van der Waals surface area contributed by atoms with Crippen molar-refractivity contribution in [3.8, 4) is 0 Å². The van der Waals surface area contributed by atoms with Crippen LogP contribution in [0.5, 0.6) is 0 Å². The lowest BCUT2D eigenvalue weighted by Gasteiger charge is -2.18. The van der Waals surface area contributed by atoms with Gasteiger partial charge < -0.3 is 10.2 Å².